The molecule has 2 rings (SSSR count). The minimum absolute atomic E-state index is 0.232. The van der Waals surface area contributed by atoms with Crippen molar-refractivity contribution in [3.63, 3.8) is 0 Å². The van der Waals surface area contributed by atoms with Crippen LogP contribution in [-0.4, -0.2) is 23.2 Å². The first kappa shape index (κ1) is 12.9. The molecule has 6 heteroatoms. The molecule has 0 aliphatic rings. The van der Waals surface area contributed by atoms with Crippen LogP contribution in [-0.2, 0) is 0 Å². The first-order valence-corrected chi connectivity index (χ1v) is 5.99. The van der Waals surface area contributed by atoms with Crippen LogP contribution in [0.3, 0.4) is 0 Å². The molecule has 2 aromatic rings. The van der Waals surface area contributed by atoms with Crippen molar-refractivity contribution in [2.24, 2.45) is 0 Å². The van der Waals surface area contributed by atoms with Gasteiger partial charge in [-0.2, -0.15) is 0 Å². The molecule has 0 atom stereocenters. The topological polar surface area (TPSA) is 44.2 Å². The average molecular weight is 285 g/mol. The summed E-state index contributed by atoms with van der Waals surface area (Å²) in [5.74, 6) is 0.912. The predicted molar refractivity (Wildman–Crippen MR) is 69.5 cm³/mol. The third-order valence-electron chi connectivity index (χ3n) is 2.04. The molecule has 0 radical (unpaired) electrons. The van der Waals surface area contributed by atoms with Crippen LogP contribution in [0, 0.1) is 0 Å². The van der Waals surface area contributed by atoms with Crippen molar-refractivity contribution < 1.29 is 9.47 Å². The molecule has 1 aromatic carbocycles. The van der Waals surface area contributed by atoms with Gasteiger partial charge in [0.05, 0.1) is 5.02 Å². The summed E-state index contributed by atoms with van der Waals surface area (Å²) in [6.45, 7) is 0.653. The van der Waals surface area contributed by atoms with Gasteiger partial charge in [-0.1, -0.05) is 35.3 Å². The first-order valence-electron chi connectivity index (χ1n) is 5.24. The van der Waals surface area contributed by atoms with Crippen LogP contribution < -0.4 is 9.47 Å². The molecule has 0 saturated carbocycles. The van der Waals surface area contributed by atoms with Crippen molar-refractivity contribution in [2.45, 2.75) is 0 Å². The highest BCUT2D eigenvalue weighted by Gasteiger charge is 2.03. The quantitative estimate of drug-likeness (QED) is 0.791. The molecule has 0 aliphatic heterocycles. The molecule has 0 saturated heterocycles. The Morgan fingerprint density at radius 2 is 1.67 bits per heavy atom. The van der Waals surface area contributed by atoms with Crippen LogP contribution in [0.5, 0.6) is 11.6 Å². The maximum absolute atomic E-state index is 5.94. The average Bonchev–Trinajstić information content (AvgIpc) is 2.38. The van der Waals surface area contributed by atoms with Crippen LogP contribution >= 0.6 is 23.2 Å². The first-order chi connectivity index (χ1) is 8.77. The van der Waals surface area contributed by atoms with Crippen molar-refractivity contribution in [3.05, 3.63) is 46.8 Å². The highest BCUT2D eigenvalue weighted by molar-refractivity contribution is 6.32. The lowest BCUT2D eigenvalue weighted by atomic mass is 10.3. The predicted octanol–water partition coefficient (Wildman–Crippen LogP) is 3.24. The van der Waals surface area contributed by atoms with E-state index in [0.29, 0.717) is 29.9 Å². The van der Waals surface area contributed by atoms with Crippen LogP contribution in [0.2, 0.25) is 10.2 Å². The number of halogens is 2. The maximum atomic E-state index is 5.94. The lowest BCUT2D eigenvalue weighted by Crippen LogP contribution is -2.10. The fourth-order valence-electron chi connectivity index (χ4n) is 1.26. The molecular weight excluding hydrogens is 275 g/mol. The van der Waals surface area contributed by atoms with Crippen LogP contribution in [0.15, 0.2) is 36.7 Å². The van der Waals surface area contributed by atoms with Gasteiger partial charge in [0.15, 0.2) is 5.15 Å². The highest BCUT2D eigenvalue weighted by Crippen LogP contribution is 2.23. The third-order valence-corrected chi connectivity index (χ3v) is 2.61. The molecule has 0 bridgehead atoms. The fourth-order valence-corrected chi connectivity index (χ4v) is 1.61. The van der Waals surface area contributed by atoms with Gasteiger partial charge in [-0.3, -0.25) is 0 Å². The van der Waals surface area contributed by atoms with Gasteiger partial charge in [-0.15, -0.1) is 0 Å². The van der Waals surface area contributed by atoms with Gasteiger partial charge in [0.1, 0.15) is 19.0 Å². The van der Waals surface area contributed by atoms with Gasteiger partial charge in [0, 0.05) is 12.4 Å². The summed E-state index contributed by atoms with van der Waals surface area (Å²) in [6, 6.07) is 7.24. The molecule has 0 fully saturated rings. The lowest BCUT2D eigenvalue weighted by Gasteiger charge is -2.08. The normalized spacial score (nSPS) is 10.1. The van der Waals surface area contributed by atoms with Crippen molar-refractivity contribution in [3.8, 4) is 11.6 Å². The Labute approximate surface area is 114 Å². The number of benzene rings is 1. The Balaban J connectivity index is 1.80. The molecule has 1 aromatic heterocycles. The smallest absolute Gasteiger partial charge is 0.252 e. The van der Waals surface area contributed by atoms with E-state index < -0.39 is 0 Å². The second-order valence-corrected chi connectivity index (χ2v) is 4.04. The molecular formula is C12H10Cl2N2O2. The molecule has 0 amide bonds. The second-order valence-electron chi connectivity index (χ2n) is 3.28. The number of hydrogen-bond donors (Lipinski definition) is 0. The molecule has 94 valence electrons. The summed E-state index contributed by atoms with van der Waals surface area (Å²) in [7, 11) is 0. The summed E-state index contributed by atoms with van der Waals surface area (Å²) in [5.41, 5.74) is 0. The maximum Gasteiger partial charge on any atom is 0.252 e. The zero-order valence-electron chi connectivity index (χ0n) is 9.35. The number of rotatable bonds is 5. The fraction of sp³-hybridized carbons (Fsp3) is 0.167. The minimum Gasteiger partial charge on any atom is -0.488 e. The SMILES string of the molecule is Clc1ccccc1OCCOc1nccnc1Cl. The molecule has 1 heterocycles. The Kier molecular flexibility index (Phi) is 4.61. The number of nitrogens with zero attached hydrogens (tertiary/aromatic N) is 2. The molecule has 18 heavy (non-hydrogen) atoms. The van der Waals surface area contributed by atoms with E-state index in [1.54, 1.807) is 12.1 Å². The van der Waals surface area contributed by atoms with Gasteiger partial charge in [0.25, 0.3) is 5.88 Å². The number of para-hydroxylation sites is 1. The zero-order valence-corrected chi connectivity index (χ0v) is 10.9. The standard InChI is InChI=1S/C12H10Cl2N2O2/c13-9-3-1-2-4-10(9)17-7-8-18-12-11(14)15-5-6-16-12/h1-6H,7-8H2. The Hall–Kier alpha value is -1.52. The molecule has 4 nitrogen and oxygen atoms in total. The minimum atomic E-state index is 0.232. The summed E-state index contributed by atoms with van der Waals surface area (Å²) < 4.78 is 10.8. The number of ether oxygens (including phenoxy) is 2. The van der Waals surface area contributed by atoms with Gasteiger partial charge in [-0.25, -0.2) is 9.97 Å². The van der Waals surface area contributed by atoms with Crippen LogP contribution in [0.4, 0.5) is 0 Å². The van der Waals surface area contributed by atoms with Crippen LogP contribution in [0.1, 0.15) is 0 Å². The second kappa shape index (κ2) is 6.42. The summed E-state index contributed by atoms with van der Waals surface area (Å²) >= 11 is 11.7. The van der Waals surface area contributed by atoms with E-state index in [1.807, 2.05) is 12.1 Å². The van der Waals surface area contributed by atoms with Crippen molar-refractivity contribution >= 4 is 23.2 Å². The van der Waals surface area contributed by atoms with E-state index in [9.17, 15) is 0 Å². The summed E-state index contributed by atoms with van der Waals surface area (Å²) in [6.07, 6.45) is 3.01. The van der Waals surface area contributed by atoms with Gasteiger partial charge in [-0.05, 0) is 12.1 Å². The third kappa shape index (κ3) is 3.48. The van der Waals surface area contributed by atoms with E-state index >= 15 is 0 Å². The largest absolute Gasteiger partial charge is 0.488 e. The highest BCUT2D eigenvalue weighted by atomic mass is 35.5. The zero-order chi connectivity index (χ0) is 12.8. The van der Waals surface area contributed by atoms with Crippen molar-refractivity contribution in [1.82, 2.24) is 9.97 Å². The van der Waals surface area contributed by atoms with Crippen molar-refractivity contribution in [1.29, 1.82) is 0 Å². The van der Waals surface area contributed by atoms with Crippen LogP contribution in [0.25, 0.3) is 0 Å². The van der Waals surface area contributed by atoms with E-state index in [4.69, 9.17) is 32.7 Å². The van der Waals surface area contributed by atoms with Gasteiger partial charge >= 0.3 is 0 Å². The molecule has 0 aliphatic carbocycles. The molecule has 0 spiro atoms. The van der Waals surface area contributed by atoms with Gasteiger partial charge < -0.3 is 9.47 Å². The van der Waals surface area contributed by atoms with E-state index in [2.05, 4.69) is 9.97 Å². The number of aromatic nitrogens is 2. The molecule has 0 unspecified atom stereocenters. The summed E-state index contributed by atoms with van der Waals surface area (Å²) in [5, 5.41) is 0.797. The lowest BCUT2D eigenvalue weighted by molar-refractivity contribution is 0.211. The van der Waals surface area contributed by atoms with E-state index in [0.717, 1.165) is 0 Å². The van der Waals surface area contributed by atoms with E-state index in [1.165, 1.54) is 12.4 Å². The Morgan fingerprint density at radius 3 is 2.44 bits per heavy atom. The molecule has 0 N–H and O–H groups in total. The van der Waals surface area contributed by atoms with Crippen molar-refractivity contribution in [2.75, 3.05) is 13.2 Å². The van der Waals surface area contributed by atoms with Gasteiger partial charge in [0.2, 0.25) is 0 Å². The summed E-state index contributed by atoms with van der Waals surface area (Å²) in [4.78, 5) is 7.79. The Morgan fingerprint density at radius 1 is 0.944 bits per heavy atom. The number of hydrogen-bond acceptors (Lipinski definition) is 4. The Bertz CT molecular complexity index is 475. The van der Waals surface area contributed by atoms with E-state index in [-0.39, 0.29) is 5.15 Å². The monoisotopic (exact) mass is 284 g/mol.